The SMILES string of the molecule is C[C@H]1CN(C)CCC2(CC2)C1. The molecule has 1 spiro atoms. The molecule has 11 heavy (non-hydrogen) atoms. The highest BCUT2D eigenvalue weighted by molar-refractivity contribution is 4.96. The third kappa shape index (κ3) is 1.58. The molecule has 2 rings (SSSR count). The highest BCUT2D eigenvalue weighted by atomic mass is 15.1. The van der Waals surface area contributed by atoms with Crippen LogP contribution in [0, 0.1) is 11.3 Å². The van der Waals surface area contributed by atoms with Gasteiger partial charge in [-0.1, -0.05) is 6.92 Å². The van der Waals surface area contributed by atoms with E-state index < -0.39 is 0 Å². The second kappa shape index (κ2) is 2.48. The van der Waals surface area contributed by atoms with Crippen LogP contribution in [0.25, 0.3) is 0 Å². The molecule has 0 aromatic heterocycles. The molecule has 1 saturated heterocycles. The van der Waals surface area contributed by atoms with Gasteiger partial charge in [0.2, 0.25) is 0 Å². The Kier molecular flexibility index (Phi) is 1.71. The number of likely N-dealkylation sites (tertiary alicyclic amines) is 1. The first-order valence-electron chi connectivity index (χ1n) is 4.89. The van der Waals surface area contributed by atoms with E-state index in [1.54, 1.807) is 0 Å². The largest absolute Gasteiger partial charge is 0.306 e. The molecule has 1 saturated carbocycles. The van der Waals surface area contributed by atoms with E-state index in [0.29, 0.717) is 0 Å². The van der Waals surface area contributed by atoms with Crippen molar-refractivity contribution in [2.24, 2.45) is 11.3 Å². The summed E-state index contributed by atoms with van der Waals surface area (Å²) in [5.41, 5.74) is 0.824. The van der Waals surface area contributed by atoms with Crippen molar-refractivity contribution in [3.63, 3.8) is 0 Å². The number of rotatable bonds is 0. The van der Waals surface area contributed by atoms with Gasteiger partial charge in [0, 0.05) is 6.54 Å². The lowest BCUT2D eigenvalue weighted by Gasteiger charge is -2.15. The average Bonchev–Trinajstić information content (AvgIpc) is 2.66. The fourth-order valence-corrected chi connectivity index (χ4v) is 2.59. The summed E-state index contributed by atoms with van der Waals surface area (Å²) in [6.45, 7) is 5.06. The van der Waals surface area contributed by atoms with Gasteiger partial charge in [0.15, 0.2) is 0 Å². The maximum absolute atomic E-state index is 2.50. The molecule has 0 unspecified atom stereocenters. The molecule has 1 aliphatic carbocycles. The Bertz CT molecular complexity index is 149. The monoisotopic (exact) mass is 153 g/mol. The second-order valence-electron chi connectivity index (χ2n) is 4.82. The van der Waals surface area contributed by atoms with Crippen LogP contribution in [0.1, 0.15) is 32.6 Å². The van der Waals surface area contributed by atoms with E-state index >= 15 is 0 Å². The standard InChI is InChI=1S/C10H19N/c1-9-7-10(3-4-10)5-6-11(2)8-9/h9H,3-8H2,1-2H3/t9-/m1/s1. The molecule has 0 amide bonds. The Balaban J connectivity index is 1.98. The number of nitrogens with zero attached hydrogens (tertiary/aromatic N) is 1. The van der Waals surface area contributed by atoms with Gasteiger partial charge < -0.3 is 4.90 Å². The van der Waals surface area contributed by atoms with Crippen LogP contribution in [0.2, 0.25) is 0 Å². The topological polar surface area (TPSA) is 3.24 Å². The first-order chi connectivity index (χ1) is 5.20. The Labute approximate surface area is 69.8 Å². The van der Waals surface area contributed by atoms with Crippen molar-refractivity contribution < 1.29 is 0 Å². The summed E-state index contributed by atoms with van der Waals surface area (Å²) in [4.78, 5) is 2.50. The van der Waals surface area contributed by atoms with E-state index in [-0.39, 0.29) is 0 Å². The zero-order valence-electron chi connectivity index (χ0n) is 7.77. The van der Waals surface area contributed by atoms with E-state index in [9.17, 15) is 0 Å². The molecule has 1 heterocycles. The van der Waals surface area contributed by atoms with Gasteiger partial charge in [0.25, 0.3) is 0 Å². The van der Waals surface area contributed by atoms with Gasteiger partial charge in [0.05, 0.1) is 0 Å². The minimum absolute atomic E-state index is 0.824. The highest BCUT2D eigenvalue weighted by Crippen LogP contribution is 2.54. The van der Waals surface area contributed by atoms with Crippen LogP contribution in [0.3, 0.4) is 0 Å². The van der Waals surface area contributed by atoms with Gasteiger partial charge >= 0.3 is 0 Å². The van der Waals surface area contributed by atoms with E-state index in [1.165, 1.54) is 38.8 Å². The third-order valence-electron chi connectivity index (χ3n) is 3.39. The highest BCUT2D eigenvalue weighted by Gasteiger charge is 2.44. The van der Waals surface area contributed by atoms with Crippen molar-refractivity contribution in [1.82, 2.24) is 4.90 Å². The summed E-state index contributed by atoms with van der Waals surface area (Å²) in [6, 6.07) is 0. The van der Waals surface area contributed by atoms with Crippen molar-refractivity contribution in [1.29, 1.82) is 0 Å². The van der Waals surface area contributed by atoms with Gasteiger partial charge in [-0.25, -0.2) is 0 Å². The third-order valence-corrected chi connectivity index (χ3v) is 3.39. The summed E-state index contributed by atoms with van der Waals surface area (Å²) >= 11 is 0. The molecule has 1 atom stereocenters. The van der Waals surface area contributed by atoms with Crippen molar-refractivity contribution >= 4 is 0 Å². The van der Waals surface area contributed by atoms with Crippen LogP contribution >= 0.6 is 0 Å². The Morgan fingerprint density at radius 2 is 2.00 bits per heavy atom. The fourth-order valence-electron chi connectivity index (χ4n) is 2.59. The van der Waals surface area contributed by atoms with Gasteiger partial charge in [-0.3, -0.25) is 0 Å². The van der Waals surface area contributed by atoms with Crippen LogP contribution in [0.4, 0.5) is 0 Å². The smallest absolute Gasteiger partial charge is 0.000418 e. The number of hydrogen-bond acceptors (Lipinski definition) is 1. The zero-order valence-corrected chi connectivity index (χ0v) is 7.77. The second-order valence-corrected chi connectivity index (χ2v) is 4.82. The first-order valence-corrected chi connectivity index (χ1v) is 4.89. The predicted molar refractivity (Wildman–Crippen MR) is 47.6 cm³/mol. The van der Waals surface area contributed by atoms with E-state index in [2.05, 4.69) is 18.9 Å². The average molecular weight is 153 g/mol. The zero-order chi connectivity index (χ0) is 7.90. The minimum Gasteiger partial charge on any atom is -0.306 e. The fraction of sp³-hybridized carbons (Fsp3) is 1.00. The van der Waals surface area contributed by atoms with Crippen LogP contribution in [-0.2, 0) is 0 Å². The van der Waals surface area contributed by atoms with Crippen LogP contribution in [-0.4, -0.2) is 25.0 Å². The van der Waals surface area contributed by atoms with Crippen LogP contribution < -0.4 is 0 Å². The summed E-state index contributed by atoms with van der Waals surface area (Å²) in [7, 11) is 2.26. The molecule has 2 aliphatic rings. The van der Waals surface area contributed by atoms with Crippen molar-refractivity contribution in [3.05, 3.63) is 0 Å². The van der Waals surface area contributed by atoms with Crippen LogP contribution in [0.15, 0.2) is 0 Å². The lowest BCUT2D eigenvalue weighted by Crippen LogP contribution is -2.22. The number of hydrogen-bond donors (Lipinski definition) is 0. The molecule has 0 bridgehead atoms. The molecule has 1 aliphatic heterocycles. The van der Waals surface area contributed by atoms with Crippen molar-refractivity contribution in [2.45, 2.75) is 32.6 Å². The maximum atomic E-state index is 2.50. The minimum atomic E-state index is 0.824. The van der Waals surface area contributed by atoms with Gasteiger partial charge in [0.1, 0.15) is 0 Å². The van der Waals surface area contributed by atoms with Gasteiger partial charge in [-0.2, -0.15) is 0 Å². The van der Waals surface area contributed by atoms with Gasteiger partial charge in [-0.15, -0.1) is 0 Å². The maximum Gasteiger partial charge on any atom is 0.000418 e. The summed E-state index contributed by atoms with van der Waals surface area (Å²) in [5.74, 6) is 0.935. The Hall–Kier alpha value is -0.0400. The molecule has 0 radical (unpaired) electrons. The normalized spacial score (nSPS) is 37.1. The molecular formula is C10H19N. The molecule has 1 heteroatoms. The lowest BCUT2D eigenvalue weighted by molar-refractivity contribution is 0.310. The molecule has 64 valence electrons. The summed E-state index contributed by atoms with van der Waals surface area (Å²) in [5, 5.41) is 0. The van der Waals surface area contributed by atoms with Gasteiger partial charge in [-0.05, 0) is 50.6 Å². The van der Waals surface area contributed by atoms with Crippen LogP contribution in [0.5, 0.6) is 0 Å². The molecule has 0 aromatic carbocycles. The van der Waals surface area contributed by atoms with Crippen molar-refractivity contribution in [2.75, 3.05) is 20.1 Å². The predicted octanol–water partition coefficient (Wildman–Crippen LogP) is 2.13. The van der Waals surface area contributed by atoms with Crippen molar-refractivity contribution in [3.8, 4) is 0 Å². The quantitative estimate of drug-likeness (QED) is 0.515. The molecule has 1 nitrogen and oxygen atoms in total. The van der Waals surface area contributed by atoms with E-state index in [1.807, 2.05) is 0 Å². The molecule has 2 fully saturated rings. The molecular weight excluding hydrogens is 134 g/mol. The summed E-state index contributed by atoms with van der Waals surface area (Å²) < 4.78 is 0. The van der Waals surface area contributed by atoms with E-state index in [0.717, 1.165) is 11.3 Å². The van der Waals surface area contributed by atoms with E-state index in [4.69, 9.17) is 0 Å². The Morgan fingerprint density at radius 3 is 2.64 bits per heavy atom. The lowest BCUT2D eigenvalue weighted by atomic mass is 9.92. The summed E-state index contributed by atoms with van der Waals surface area (Å²) in [6.07, 6.45) is 6.00. The molecule has 0 aromatic rings. The molecule has 0 N–H and O–H groups in total. The first kappa shape index (κ1) is 7.60. The Morgan fingerprint density at radius 1 is 1.27 bits per heavy atom.